The van der Waals surface area contributed by atoms with Crippen LogP contribution in [0.5, 0.6) is 5.75 Å². The number of likely N-dealkylation sites (tertiary alicyclic amines) is 1. The Morgan fingerprint density at radius 1 is 1.03 bits per heavy atom. The van der Waals surface area contributed by atoms with Gasteiger partial charge in [0.2, 0.25) is 0 Å². The molecular weight excluding hydrogens is 378 g/mol. The van der Waals surface area contributed by atoms with Crippen LogP contribution in [0.3, 0.4) is 0 Å². The van der Waals surface area contributed by atoms with Crippen molar-refractivity contribution in [3.05, 3.63) is 77.9 Å². The second kappa shape index (κ2) is 7.26. The quantitative estimate of drug-likeness (QED) is 0.475. The van der Waals surface area contributed by atoms with Crippen LogP contribution in [0.2, 0.25) is 0 Å². The molecule has 1 heterocycles. The van der Waals surface area contributed by atoms with Gasteiger partial charge < -0.3 is 9.47 Å². The zero-order valence-electron chi connectivity index (χ0n) is 16.8. The van der Waals surface area contributed by atoms with Gasteiger partial charge >= 0.3 is 11.9 Å². The van der Waals surface area contributed by atoms with E-state index in [-0.39, 0.29) is 23.5 Å². The van der Waals surface area contributed by atoms with Crippen molar-refractivity contribution in [3.8, 4) is 5.75 Å². The molecule has 0 unspecified atom stereocenters. The van der Waals surface area contributed by atoms with Crippen molar-refractivity contribution in [1.29, 1.82) is 0 Å². The minimum atomic E-state index is -0.479. The number of carbonyl (C=O) groups excluding carboxylic acids is 2. The maximum absolute atomic E-state index is 12.6. The Morgan fingerprint density at radius 2 is 1.80 bits per heavy atom. The molecule has 1 aliphatic heterocycles. The molecule has 0 spiro atoms. The third-order valence-corrected chi connectivity index (χ3v) is 6.28. The molecule has 0 N–H and O–H groups in total. The molecule has 2 atom stereocenters. The van der Waals surface area contributed by atoms with Crippen molar-refractivity contribution in [2.24, 2.45) is 5.92 Å². The third kappa shape index (κ3) is 3.35. The second-order valence-corrected chi connectivity index (χ2v) is 8.28. The van der Waals surface area contributed by atoms with Crippen molar-refractivity contribution in [2.45, 2.75) is 18.8 Å². The summed E-state index contributed by atoms with van der Waals surface area (Å²) >= 11 is 0. The Bertz CT molecular complexity index is 1140. The number of esters is 2. The number of benzene rings is 3. The molecule has 2 aliphatic rings. The van der Waals surface area contributed by atoms with Crippen molar-refractivity contribution in [3.63, 3.8) is 0 Å². The third-order valence-electron chi connectivity index (χ3n) is 6.28. The van der Waals surface area contributed by atoms with Gasteiger partial charge in [-0.1, -0.05) is 54.6 Å². The molecule has 0 amide bonds. The minimum Gasteiger partial charge on any atom is -0.446 e. The molecule has 1 saturated carbocycles. The Kier molecular flexibility index (Phi) is 4.55. The monoisotopic (exact) mass is 401 g/mol. The lowest BCUT2D eigenvalue weighted by molar-refractivity contribution is -0.131. The lowest BCUT2D eigenvalue weighted by atomic mass is 9.93. The summed E-state index contributed by atoms with van der Waals surface area (Å²) in [7, 11) is 0. The van der Waals surface area contributed by atoms with E-state index in [4.69, 9.17) is 9.47 Å². The Morgan fingerprint density at radius 3 is 2.63 bits per heavy atom. The van der Waals surface area contributed by atoms with Crippen molar-refractivity contribution < 1.29 is 19.1 Å². The van der Waals surface area contributed by atoms with Gasteiger partial charge in [0.25, 0.3) is 0 Å². The molecular formula is C25H23NO4. The summed E-state index contributed by atoms with van der Waals surface area (Å²) in [5.74, 6) is -0.114. The molecule has 1 aliphatic carbocycles. The molecule has 2 fully saturated rings. The van der Waals surface area contributed by atoms with E-state index in [1.807, 2.05) is 0 Å². The normalized spacial score (nSPS) is 22.5. The van der Waals surface area contributed by atoms with Crippen LogP contribution in [-0.2, 0) is 14.9 Å². The van der Waals surface area contributed by atoms with Crippen LogP contribution in [0.4, 0.5) is 0 Å². The second-order valence-electron chi connectivity index (χ2n) is 8.28. The summed E-state index contributed by atoms with van der Waals surface area (Å²) in [6.45, 7) is 3.35. The first-order chi connectivity index (χ1) is 14.5. The van der Waals surface area contributed by atoms with Crippen molar-refractivity contribution in [2.75, 3.05) is 19.8 Å². The first-order valence-corrected chi connectivity index (χ1v) is 10.2. The smallest absolute Gasteiger partial charge is 0.343 e. The van der Waals surface area contributed by atoms with E-state index < -0.39 is 11.9 Å². The molecule has 30 heavy (non-hydrogen) atoms. The molecule has 3 aromatic rings. The van der Waals surface area contributed by atoms with E-state index in [1.165, 1.54) is 29.7 Å². The van der Waals surface area contributed by atoms with Gasteiger partial charge in [0.15, 0.2) is 0 Å². The number of nitrogens with zero attached hydrogens (tertiary/aromatic N) is 1. The topological polar surface area (TPSA) is 55.8 Å². The van der Waals surface area contributed by atoms with Gasteiger partial charge in [-0.3, -0.25) is 9.69 Å². The van der Waals surface area contributed by atoms with Gasteiger partial charge in [-0.2, -0.15) is 0 Å². The summed E-state index contributed by atoms with van der Waals surface area (Å²) in [6, 6.07) is 21.8. The first-order valence-electron chi connectivity index (χ1n) is 10.2. The Labute approximate surface area is 175 Å². The van der Waals surface area contributed by atoms with E-state index in [0.717, 1.165) is 13.1 Å². The van der Waals surface area contributed by atoms with Crippen LogP contribution in [0.1, 0.15) is 29.3 Å². The van der Waals surface area contributed by atoms with Crippen LogP contribution in [-0.4, -0.2) is 36.7 Å². The first kappa shape index (κ1) is 18.8. The van der Waals surface area contributed by atoms with E-state index in [1.54, 1.807) is 24.3 Å². The van der Waals surface area contributed by atoms with Crippen LogP contribution >= 0.6 is 0 Å². The predicted octanol–water partition coefficient (Wildman–Crippen LogP) is 4.15. The Hall–Kier alpha value is -3.18. The summed E-state index contributed by atoms with van der Waals surface area (Å²) in [4.78, 5) is 26.0. The number of rotatable bonds is 5. The standard InChI is InChI=1S/C25H23NO4/c1-17(27)30-23-9-5-4-8-22(23)24(28)29-16-26-14-21-13-25(21,15-26)20-11-10-18-6-2-3-7-19(18)12-20/h2-12,21H,13-16H2,1H3/t21-,25+/m1/s1. The number of para-hydroxylation sites is 1. The maximum atomic E-state index is 12.6. The molecule has 5 heteroatoms. The highest BCUT2D eigenvalue weighted by Crippen LogP contribution is 2.59. The highest BCUT2D eigenvalue weighted by Gasteiger charge is 2.60. The lowest BCUT2D eigenvalue weighted by Gasteiger charge is -2.21. The molecule has 0 radical (unpaired) electrons. The average Bonchev–Trinajstić information content (AvgIpc) is 3.33. The lowest BCUT2D eigenvalue weighted by Crippen LogP contribution is -2.30. The highest BCUT2D eigenvalue weighted by molar-refractivity contribution is 5.93. The van der Waals surface area contributed by atoms with E-state index in [0.29, 0.717) is 5.92 Å². The van der Waals surface area contributed by atoms with Crippen molar-refractivity contribution in [1.82, 2.24) is 4.90 Å². The van der Waals surface area contributed by atoms with E-state index in [2.05, 4.69) is 47.4 Å². The molecule has 5 rings (SSSR count). The highest BCUT2D eigenvalue weighted by atomic mass is 16.6. The maximum Gasteiger partial charge on any atom is 0.343 e. The molecule has 3 aromatic carbocycles. The average molecular weight is 401 g/mol. The fraction of sp³-hybridized carbons (Fsp3) is 0.280. The number of piperidine rings is 1. The summed E-state index contributed by atoms with van der Waals surface area (Å²) in [5, 5.41) is 2.52. The zero-order chi connectivity index (χ0) is 20.7. The van der Waals surface area contributed by atoms with Crippen LogP contribution < -0.4 is 4.74 Å². The number of ether oxygens (including phenoxy) is 2. The van der Waals surface area contributed by atoms with Crippen LogP contribution in [0, 0.1) is 5.92 Å². The van der Waals surface area contributed by atoms with Crippen LogP contribution in [0.15, 0.2) is 66.7 Å². The van der Waals surface area contributed by atoms with Gasteiger partial charge in [-0.05, 0) is 40.8 Å². The summed E-state index contributed by atoms with van der Waals surface area (Å²) in [5.41, 5.74) is 1.81. The van der Waals surface area contributed by atoms with E-state index in [9.17, 15) is 9.59 Å². The van der Waals surface area contributed by atoms with Gasteiger partial charge in [-0.15, -0.1) is 0 Å². The number of hydrogen-bond donors (Lipinski definition) is 0. The van der Waals surface area contributed by atoms with Gasteiger partial charge in [0, 0.05) is 25.4 Å². The van der Waals surface area contributed by atoms with E-state index >= 15 is 0 Å². The van der Waals surface area contributed by atoms with Gasteiger partial charge in [0.1, 0.15) is 18.0 Å². The minimum absolute atomic E-state index is 0.173. The predicted molar refractivity (Wildman–Crippen MR) is 113 cm³/mol. The largest absolute Gasteiger partial charge is 0.446 e. The fourth-order valence-corrected chi connectivity index (χ4v) is 4.74. The SMILES string of the molecule is CC(=O)Oc1ccccc1C(=O)OCN1C[C@H]2C[C@@]2(c2ccc3ccccc3c2)C1. The zero-order valence-corrected chi connectivity index (χ0v) is 16.8. The fourth-order valence-electron chi connectivity index (χ4n) is 4.74. The molecule has 152 valence electrons. The Balaban J connectivity index is 1.25. The van der Waals surface area contributed by atoms with Gasteiger partial charge in [-0.25, -0.2) is 4.79 Å². The molecule has 5 nitrogen and oxygen atoms in total. The summed E-state index contributed by atoms with van der Waals surface area (Å²) in [6.07, 6.45) is 1.19. The van der Waals surface area contributed by atoms with Crippen molar-refractivity contribution >= 4 is 22.7 Å². The molecule has 0 bridgehead atoms. The number of fused-ring (bicyclic) bond motifs is 2. The molecule has 0 aromatic heterocycles. The summed E-state index contributed by atoms with van der Waals surface area (Å²) < 4.78 is 10.7. The number of hydrogen-bond acceptors (Lipinski definition) is 5. The molecule has 1 saturated heterocycles. The van der Waals surface area contributed by atoms with Gasteiger partial charge in [0.05, 0.1) is 0 Å². The van der Waals surface area contributed by atoms with Crippen LogP contribution in [0.25, 0.3) is 10.8 Å². The number of carbonyl (C=O) groups is 2.